The molecule has 1 N–H and O–H groups in total. The quantitative estimate of drug-likeness (QED) is 0.397. The summed E-state index contributed by atoms with van der Waals surface area (Å²) in [6, 6.07) is 17.5. The molecule has 1 aliphatic heterocycles. The van der Waals surface area contributed by atoms with Gasteiger partial charge in [0.25, 0.3) is 11.7 Å². The molecule has 1 aromatic heterocycles. The van der Waals surface area contributed by atoms with Crippen molar-refractivity contribution in [2.45, 2.75) is 26.3 Å². The highest BCUT2D eigenvalue weighted by molar-refractivity contribution is 6.51. The largest absolute Gasteiger partial charge is 0.507 e. The molecule has 1 fully saturated rings. The van der Waals surface area contributed by atoms with Gasteiger partial charge in [-0.25, -0.2) is 0 Å². The van der Waals surface area contributed by atoms with Gasteiger partial charge >= 0.3 is 0 Å². The topological polar surface area (TPSA) is 70.5 Å². The molecule has 0 aliphatic carbocycles. The number of aliphatic hydroxyl groups excluding tert-OH is 1. The van der Waals surface area contributed by atoms with Gasteiger partial charge in [0.15, 0.2) is 0 Å². The minimum atomic E-state index is -0.757. The van der Waals surface area contributed by atoms with E-state index in [0.29, 0.717) is 16.8 Å². The molecular weight excluding hydrogens is 376 g/mol. The Balaban J connectivity index is 1.90. The van der Waals surface area contributed by atoms with E-state index in [4.69, 9.17) is 0 Å². The van der Waals surface area contributed by atoms with Crippen LogP contribution in [0.2, 0.25) is 0 Å². The molecule has 3 aromatic rings. The van der Waals surface area contributed by atoms with Gasteiger partial charge in [-0.3, -0.25) is 19.5 Å². The molecule has 0 saturated carbocycles. The van der Waals surface area contributed by atoms with Gasteiger partial charge in [-0.1, -0.05) is 55.0 Å². The Morgan fingerprint density at radius 3 is 2.33 bits per heavy atom. The van der Waals surface area contributed by atoms with Crippen molar-refractivity contribution < 1.29 is 14.7 Å². The molecule has 1 amide bonds. The number of nitrogens with zero attached hydrogens (tertiary/aromatic N) is 2. The normalized spacial score (nSPS) is 18.1. The number of Topliss-reactive ketones (excluding diaryl/α,β-unsaturated/α-hetero) is 1. The summed E-state index contributed by atoms with van der Waals surface area (Å²) in [5.74, 6) is -1.56. The fraction of sp³-hybridized carbons (Fsp3) is 0.160. The van der Waals surface area contributed by atoms with Gasteiger partial charge < -0.3 is 5.11 Å². The van der Waals surface area contributed by atoms with E-state index in [1.807, 2.05) is 43.3 Å². The average Bonchev–Trinajstić information content (AvgIpc) is 3.05. The first-order valence-electron chi connectivity index (χ1n) is 9.88. The van der Waals surface area contributed by atoms with Gasteiger partial charge in [0.2, 0.25) is 0 Å². The Morgan fingerprint density at radius 2 is 1.73 bits per heavy atom. The lowest BCUT2D eigenvalue weighted by Crippen LogP contribution is -2.29. The highest BCUT2D eigenvalue weighted by atomic mass is 16.3. The number of aryl methyl sites for hydroxylation is 2. The number of carbonyl (C=O) groups is 2. The third kappa shape index (κ3) is 3.39. The van der Waals surface area contributed by atoms with Crippen molar-refractivity contribution in [3.05, 3.63) is 101 Å². The summed E-state index contributed by atoms with van der Waals surface area (Å²) >= 11 is 0. The van der Waals surface area contributed by atoms with Crippen LogP contribution in [0.1, 0.15) is 35.2 Å². The minimum Gasteiger partial charge on any atom is -0.507 e. The maximum atomic E-state index is 13.1. The van der Waals surface area contributed by atoms with Crippen molar-refractivity contribution in [2.75, 3.05) is 4.90 Å². The molecular formula is C25H22N2O3. The third-order valence-electron chi connectivity index (χ3n) is 5.39. The number of benzene rings is 2. The van der Waals surface area contributed by atoms with Crippen LogP contribution < -0.4 is 4.90 Å². The van der Waals surface area contributed by atoms with E-state index in [2.05, 4.69) is 11.9 Å². The molecule has 4 rings (SSSR count). The standard InChI is InChI=1S/C25H22N2O3/c1-3-17-8-12-20(13-9-17)27-22(19-5-4-14-26-15-19)21(24(29)25(27)30)23(28)18-10-6-16(2)7-11-18/h4-15,22,28H,3H2,1-2H3/b23-21-. The Labute approximate surface area is 175 Å². The summed E-state index contributed by atoms with van der Waals surface area (Å²) in [6.07, 6.45) is 4.12. The molecule has 0 radical (unpaired) electrons. The maximum absolute atomic E-state index is 13.1. The highest BCUT2D eigenvalue weighted by Gasteiger charge is 2.47. The predicted octanol–water partition coefficient (Wildman–Crippen LogP) is 4.58. The number of pyridine rings is 1. The van der Waals surface area contributed by atoms with E-state index in [-0.39, 0.29) is 11.3 Å². The number of ketones is 1. The monoisotopic (exact) mass is 398 g/mol. The van der Waals surface area contributed by atoms with E-state index in [9.17, 15) is 14.7 Å². The van der Waals surface area contributed by atoms with E-state index < -0.39 is 17.7 Å². The van der Waals surface area contributed by atoms with E-state index in [0.717, 1.165) is 17.5 Å². The van der Waals surface area contributed by atoms with Crippen LogP contribution in [0.4, 0.5) is 5.69 Å². The lowest BCUT2D eigenvalue weighted by atomic mass is 9.96. The Kier molecular flexibility index (Phi) is 5.19. The zero-order chi connectivity index (χ0) is 21.3. The maximum Gasteiger partial charge on any atom is 0.300 e. The first-order chi connectivity index (χ1) is 14.5. The minimum absolute atomic E-state index is 0.0661. The summed E-state index contributed by atoms with van der Waals surface area (Å²) in [6.45, 7) is 4.00. The van der Waals surface area contributed by atoms with Crippen molar-refractivity contribution in [1.82, 2.24) is 4.98 Å². The van der Waals surface area contributed by atoms with Crippen LogP contribution in [-0.4, -0.2) is 21.8 Å². The molecule has 5 heteroatoms. The van der Waals surface area contributed by atoms with Crippen LogP contribution in [0, 0.1) is 6.92 Å². The van der Waals surface area contributed by atoms with Crippen molar-refractivity contribution in [3.63, 3.8) is 0 Å². The zero-order valence-corrected chi connectivity index (χ0v) is 16.9. The number of amides is 1. The van der Waals surface area contributed by atoms with Crippen LogP contribution in [0.3, 0.4) is 0 Å². The fourth-order valence-electron chi connectivity index (χ4n) is 3.71. The van der Waals surface area contributed by atoms with Gasteiger partial charge in [0, 0.05) is 23.6 Å². The fourth-order valence-corrected chi connectivity index (χ4v) is 3.71. The molecule has 150 valence electrons. The molecule has 0 spiro atoms. The second-order valence-corrected chi connectivity index (χ2v) is 7.34. The second-order valence-electron chi connectivity index (χ2n) is 7.34. The van der Waals surface area contributed by atoms with Gasteiger partial charge in [-0.2, -0.15) is 0 Å². The molecule has 1 atom stereocenters. The summed E-state index contributed by atoms with van der Waals surface area (Å²) < 4.78 is 0. The van der Waals surface area contributed by atoms with Crippen molar-refractivity contribution in [1.29, 1.82) is 0 Å². The molecule has 5 nitrogen and oxygen atoms in total. The number of anilines is 1. The molecule has 30 heavy (non-hydrogen) atoms. The molecule has 0 bridgehead atoms. The van der Waals surface area contributed by atoms with Gasteiger partial charge in [-0.05, 0) is 42.7 Å². The number of hydrogen-bond acceptors (Lipinski definition) is 4. The molecule has 1 unspecified atom stereocenters. The smallest absolute Gasteiger partial charge is 0.300 e. The number of aliphatic hydroxyl groups is 1. The molecule has 1 saturated heterocycles. The number of carbonyl (C=O) groups excluding carboxylic acids is 2. The van der Waals surface area contributed by atoms with E-state index in [1.54, 1.807) is 36.7 Å². The van der Waals surface area contributed by atoms with Gasteiger partial charge in [-0.15, -0.1) is 0 Å². The van der Waals surface area contributed by atoms with Crippen LogP contribution in [0.25, 0.3) is 5.76 Å². The van der Waals surface area contributed by atoms with E-state index in [1.165, 1.54) is 4.90 Å². The average molecular weight is 398 g/mol. The molecule has 2 aromatic carbocycles. The summed E-state index contributed by atoms with van der Waals surface area (Å²) in [5, 5.41) is 11.0. The Hall–Kier alpha value is -3.73. The lowest BCUT2D eigenvalue weighted by Gasteiger charge is -2.25. The first-order valence-corrected chi connectivity index (χ1v) is 9.88. The van der Waals surface area contributed by atoms with Crippen molar-refractivity contribution in [3.8, 4) is 0 Å². The van der Waals surface area contributed by atoms with Crippen molar-refractivity contribution >= 4 is 23.1 Å². The second kappa shape index (κ2) is 7.95. The number of hydrogen-bond donors (Lipinski definition) is 1. The predicted molar refractivity (Wildman–Crippen MR) is 116 cm³/mol. The number of aromatic nitrogens is 1. The van der Waals surface area contributed by atoms with Gasteiger partial charge in [0.1, 0.15) is 5.76 Å². The summed E-state index contributed by atoms with van der Waals surface area (Å²) in [7, 11) is 0. The van der Waals surface area contributed by atoms with Crippen LogP contribution in [-0.2, 0) is 16.0 Å². The lowest BCUT2D eigenvalue weighted by molar-refractivity contribution is -0.132. The Bertz CT molecular complexity index is 1120. The van der Waals surface area contributed by atoms with Gasteiger partial charge in [0.05, 0.1) is 11.6 Å². The molecule has 1 aliphatic rings. The summed E-state index contributed by atoms with van der Waals surface area (Å²) in [5.41, 5.74) is 3.99. The number of rotatable bonds is 4. The zero-order valence-electron chi connectivity index (χ0n) is 16.9. The SMILES string of the molecule is CCc1ccc(N2C(=O)C(=O)/C(=C(\O)c3ccc(C)cc3)C2c2cccnc2)cc1. The molecule has 2 heterocycles. The van der Waals surface area contributed by atoms with Crippen molar-refractivity contribution in [2.24, 2.45) is 0 Å². The Morgan fingerprint density at radius 1 is 1.03 bits per heavy atom. The highest BCUT2D eigenvalue weighted by Crippen LogP contribution is 2.41. The first kappa shape index (κ1) is 19.6. The third-order valence-corrected chi connectivity index (χ3v) is 5.39. The van der Waals surface area contributed by atoms with E-state index >= 15 is 0 Å². The van der Waals surface area contributed by atoms with Crippen LogP contribution >= 0.6 is 0 Å². The van der Waals surface area contributed by atoms with Crippen LogP contribution in [0.15, 0.2) is 78.6 Å². The van der Waals surface area contributed by atoms with Crippen LogP contribution in [0.5, 0.6) is 0 Å². The summed E-state index contributed by atoms with van der Waals surface area (Å²) in [4.78, 5) is 31.7.